The van der Waals surface area contributed by atoms with E-state index < -0.39 is 0 Å². The number of halogens is 1. The molecule has 0 bridgehead atoms. The lowest BCUT2D eigenvalue weighted by Crippen LogP contribution is -2.38. The Bertz CT molecular complexity index is 1070. The number of aryl methyl sites for hydroxylation is 1. The van der Waals surface area contributed by atoms with Crippen LogP contribution in [0.4, 0.5) is 5.95 Å². The molecule has 3 heterocycles. The van der Waals surface area contributed by atoms with Crippen molar-refractivity contribution in [3.05, 3.63) is 59.1 Å². The number of benzene rings is 1. The predicted molar refractivity (Wildman–Crippen MR) is 123 cm³/mol. The summed E-state index contributed by atoms with van der Waals surface area (Å²) in [4.78, 5) is 26.1. The fourth-order valence-electron chi connectivity index (χ4n) is 3.96. The van der Waals surface area contributed by atoms with Crippen LogP contribution in [0.1, 0.15) is 41.9 Å². The minimum absolute atomic E-state index is 0.00242. The van der Waals surface area contributed by atoms with E-state index in [9.17, 15) is 4.79 Å². The van der Waals surface area contributed by atoms with Crippen LogP contribution < -0.4 is 4.90 Å². The van der Waals surface area contributed by atoms with Gasteiger partial charge in [0.2, 0.25) is 5.95 Å². The second-order valence-corrected chi connectivity index (χ2v) is 8.43. The minimum atomic E-state index is -0.00242. The van der Waals surface area contributed by atoms with Crippen molar-refractivity contribution in [3.63, 3.8) is 0 Å². The van der Waals surface area contributed by atoms with Gasteiger partial charge in [0.05, 0.1) is 5.69 Å². The molecule has 2 aromatic heterocycles. The second kappa shape index (κ2) is 9.06. The van der Waals surface area contributed by atoms with Crippen molar-refractivity contribution >= 4 is 23.5 Å². The van der Waals surface area contributed by atoms with Crippen LogP contribution in [0.15, 0.2) is 42.7 Å². The molecule has 1 aromatic carbocycles. The third-order valence-electron chi connectivity index (χ3n) is 5.69. The number of likely N-dealkylation sites (tertiary alicyclic amines) is 1. The van der Waals surface area contributed by atoms with Gasteiger partial charge in [0.15, 0.2) is 0 Å². The molecule has 3 aromatic rings. The first kappa shape index (κ1) is 21.3. The first-order valence-corrected chi connectivity index (χ1v) is 11.0. The molecule has 0 aliphatic carbocycles. The van der Waals surface area contributed by atoms with Gasteiger partial charge in [0.1, 0.15) is 5.69 Å². The third-order valence-corrected chi connectivity index (χ3v) is 5.93. The second-order valence-electron chi connectivity index (χ2n) is 8.00. The highest BCUT2D eigenvalue weighted by Gasteiger charge is 2.28. The van der Waals surface area contributed by atoms with Gasteiger partial charge in [-0.3, -0.25) is 9.48 Å². The Balaban J connectivity index is 1.57. The van der Waals surface area contributed by atoms with Crippen molar-refractivity contribution in [3.8, 4) is 11.1 Å². The summed E-state index contributed by atoms with van der Waals surface area (Å²) in [7, 11) is 3.88. The van der Waals surface area contributed by atoms with E-state index in [0.29, 0.717) is 29.8 Å². The zero-order valence-electron chi connectivity index (χ0n) is 18.1. The van der Waals surface area contributed by atoms with E-state index in [1.165, 1.54) is 0 Å². The lowest BCUT2D eigenvalue weighted by atomic mass is 9.89. The molecular formula is C23H27ClN6O. The van der Waals surface area contributed by atoms with Gasteiger partial charge in [0.25, 0.3) is 5.91 Å². The van der Waals surface area contributed by atoms with Gasteiger partial charge >= 0.3 is 0 Å². The summed E-state index contributed by atoms with van der Waals surface area (Å²) in [5.74, 6) is 0.926. The molecule has 4 rings (SSSR count). The Labute approximate surface area is 187 Å². The first-order chi connectivity index (χ1) is 15.0. The summed E-state index contributed by atoms with van der Waals surface area (Å²) in [6.07, 6.45) is 5.43. The van der Waals surface area contributed by atoms with Crippen LogP contribution >= 0.6 is 11.6 Å². The number of piperidine rings is 1. The van der Waals surface area contributed by atoms with Crippen molar-refractivity contribution in [2.45, 2.75) is 32.2 Å². The van der Waals surface area contributed by atoms with Crippen molar-refractivity contribution in [2.24, 2.45) is 0 Å². The van der Waals surface area contributed by atoms with Crippen molar-refractivity contribution in [2.75, 3.05) is 32.1 Å². The molecule has 0 saturated carbocycles. The topological polar surface area (TPSA) is 67.2 Å². The largest absolute Gasteiger partial charge is 0.347 e. The summed E-state index contributed by atoms with van der Waals surface area (Å²) in [6.45, 7) is 4.12. The number of carbonyl (C=O) groups excluding carboxylic acids is 1. The average Bonchev–Trinajstić information content (AvgIpc) is 3.27. The van der Waals surface area contributed by atoms with Gasteiger partial charge in [-0.2, -0.15) is 5.10 Å². The number of hydrogen-bond donors (Lipinski definition) is 0. The molecule has 0 N–H and O–H groups in total. The normalized spacial score (nSPS) is 14.6. The Kier molecular flexibility index (Phi) is 6.23. The fraction of sp³-hybridized carbons (Fsp3) is 0.391. The number of hydrogen-bond acceptors (Lipinski definition) is 5. The van der Waals surface area contributed by atoms with Crippen LogP contribution in [-0.4, -0.2) is 57.7 Å². The molecule has 1 saturated heterocycles. The molecule has 31 heavy (non-hydrogen) atoms. The van der Waals surface area contributed by atoms with Crippen LogP contribution in [0.5, 0.6) is 0 Å². The molecule has 162 valence electrons. The van der Waals surface area contributed by atoms with E-state index in [4.69, 9.17) is 16.6 Å². The molecule has 8 heteroatoms. The van der Waals surface area contributed by atoms with E-state index in [0.717, 1.165) is 36.2 Å². The molecular weight excluding hydrogens is 412 g/mol. The summed E-state index contributed by atoms with van der Waals surface area (Å²) >= 11 is 6.24. The number of rotatable bonds is 5. The minimum Gasteiger partial charge on any atom is -0.347 e. The monoisotopic (exact) mass is 438 g/mol. The van der Waals surface area contributed by atoms with E-state index >= 15 is 0 Å². The lowest BCUT2D eigenvalue weighted by Gasteiger charge is -2.32. The van der Waals surface area contributed by atoms with Crippen LogP contribution in [0, 0.1) is 0 Å². The molecule has 7 nitrogen and oxygen atoms in total. The number of aromatic nitrogens is 4. The number of anilines is 1. The Hall–Kier alpha value is -2.93. The Morgan fingerprint density at radius 2 is 2.00 bits per heavy atom. The standard InChI is InChI=1S/C23H27ClN6O/c1-4-30-13-10-20(27-30)22(31)29-11-8-16(9-12-29)21-19(15-25-23(26-21)28(2)3)17-6-5-7-18(24)14-17/h5-7,10,13-16H,4,8-9,11-12H2,1-3H3. The number of carbonyl (C=O) groups is 1. The van der Waals surface area contributed by atoms with E-state index in [-0.39, 0.29) is 11.8 Å². The highest BCUT2D eigenvalue weighted by molar-refractivity contribution is 6.30. The van der Waals surface area contributed by atoms with E-state index in [2.05, 4.69) is 10.1 Å². The summed E-state index contributed by atoms with van der Waals surface area (Å²) in [6, 6.07) is 9.58. The van der Waals surface area contributed by atoms with Crippen LogP contribution in [-0.2, 0) is 6.54 Å². The molecule has 0 unspecified atom stereocenters. The molecule has 0 spiro atoms. The van der Waals surface area contributed by atoms with E-state index in [1.54, 1.807) is 10.7 Å². The van der Waals surface area contributed by atoms with Crippen molar-refractivity contribution in [1.29, 1.82) is 0 Å². The van der Waals surface area contributed by atoms with Gasteiger partial charge < -0.3 is 9.80 Å². The van der Waals surface area contributed by atoms with Gasteiger partial charge in [-0.1, -0.05) is 23.7 Å². The van der Waals surface area contributed by atoms with Crippen molar-refractivity contribution < 1.29 is 4.79 Å². The molecule has 0 atom stereocenters. The quantitative estimate of drug-likeness (QED) is 0.600. The van der Waals surface area contributed by atoms with Crippen LogP contribution in [0.3, 0.4) is 0 Å². The highest BCUT2D eigenvalue weighted by Crippen LogP contribution is 2.35. The third kappa shape index (κ3) is 4.56. The van der Waals surface area contributed by atoms with E-state index in [1.807, 2.05) is 67.5 Å². The predicted octanol–water partition coefficient (Wildman–Crippen LogP) is 4.10. The molecule has 1 fully saturated rings. The molecule has 1 amide bonds. The summed E-state index contributed by atoms with van der Waals surface area (Å²) < 4.78 is 1.78. The first-order valence-electron chi connectivity index (χ1n) is 10.6. The van der Waals surface area contributed by atoms with Gasteiger partial charge in [0, 0.05) is 62.6 Å². The zero-order valence-corrected chi connectivity index (χ0v) is 18.9. The fourth-order valence-corrected chi connectivity index (χ4v) is 4.15. The Morgan fingerprint density at radius 1 is 1.23 bits per heavy atom. The maximum absolute atomic E-state index is 12.8. The molecule has 1 aliphatic rings. The number of nitrogens with zero attached hydrogens (tertiary/aromatic N) is 6. The maximum atomic E-state index is 12.8. The average molecular weight is 439 g/mol. The van der Waals surface area contributed by atoms with Crippen LogP contribution in [0.2, 0.25) is 5.02 Å². The van der Waals surface area contributed by atoms with Gasteiger partial charge in [-0.15, -0.1) is 0 Å². The Morgan fingerprint density at radius 3 is 2.65 bits per heavy atom. The highest BCUT2D eigenvalue weighted by atomic mass is 35.5. The smallest absolute Gasteiger partial charge is 0.274 e. The van der Waals surface area contributed by atoms with Gasteiger partial charge in [-0.25, -0.2) is 9.97 Å². The summed E-state index contributed by atoms with van der Waals surface area (Å²) in [5, 5.41) is 5.05. The molecule has 0 radical (unpaired) electrons. The van der Waals surface area contributed by atoms with Gasteiger partial charge in [-0.05, 0) is 43.5 Å². The van der Waals surface area contributed by atoms with Crippen molar-refractivity contribution in [1.82, 2.24) is 24.6 Å². The molecule has 1 aliphatic heterocycles. The number of amides is 1. The lowest BCUT2D eigenvalue weighted by molar-refractivity contribution is 0.0705. The zero-order chi connectivity index (χ0) is 22.0. The SMILES string of the molecule is CCn1ccc(C(=O)N2CCC(c3nc(N(C)C)ncc3-c3cccc(Cl)c3)CC2)n1. The summed E-state index contributed by atoms with van der Waals surface area (Å²) in [5.41, 5.74) is 3.54. The maximum Gasteiger partial charge on any atom is 0.274 e. The van der Waals surface area contributed by atoms with Crippen LogP contribution in [0.25, 0.3) is 11.1 Å².